The van der Waals surface area contributed by atoms with Crippen LogP contribution < -0.4 is 5.32 Å². The number of pyridine rings is 1. The predicted molar refractivity (Wildman–Crippen MR) is 54.3 cm³/mol. The van der Waals surface area contributed by atoms with Crippen molar-refractivity contribution in [3.05, 3.63) is 30.4 Å². The lowest BCUT2D eigenvalue weighted by atomic mass is 10.3. The van der Waals surface area contributed by atoms with Crippen molar-refractivity contribution < 1.29 is 5.11 Å². The minimum absolute atomic E-state index is 0.166. The molecule has 0 radical (unpaired) electrons. The highest BCUT2D eigenvalue weighted by molar-refractivity contribution is 5.48. The van der Waals surface area contributed by atoms with Gasteiger partial charge >= 0.3 is 0 Å². The second kappa shape index (κ2) is 3.31. The second-order valence-corrected chi connectivity index (χ2v) is 3.31. The molecular weight excluding hydrogens is 178 g/mol. The van der Waals surface area contributed by atoms with Crippen molar-refractivity contribution >= 4 is 5.52 Å². The molecule has 2 aromatic rings. The van der Waals surface area contributed by atoms with E-state index >= 15 is 0 Å². The molecule has 74 valence electrons. The maximum absolute atomic E-state index is 9.36. The van der Waals surface area contributed by atoms with E-state index in [0.717, 1.165) is 11.3 Å². The van der Waals surface area contributed by atoms with E-state index in [9.17, 15) is 5.11 Å². The number of nitrogens with one attached hydrogen (secondary N) is 1. The van der Waals surface area contributed by atoms with E-state index in [1.165, 1.54) is 0 Å². The van der Waals surface area contributed by atoms with Crippen molar-refractivity contribution in [2.45, 2.75) is 13.0 Å². The molecule has 0 aliphatic rings. The Bertz CT molecular complexity index is 450. The minimum atomic E-state index is 0.166. The molecule has 0 fully saturated rings. The lowest BCUT2D eigenvalue weighted by molar-refractivity contribution is 0.470. The number of hydrogen-bond donors (Lipinski definition) is 2. The first-order chi connectivity index (χ1) is 6.72. The van der Waals surface area contributed by atoms with Gasteiger partial charge in [0.05, 0.1) is 24.0 Å². The molecule has 2 rings (SSSR count). The summed E-state index contributed by atoms with van der Waals surface area (Å²) < 4.78 is 1.89. The third-order valence-electron chi connectivity index (χ3n) is 2.36. The molecule has 0 bridgehead atoms. The Hall–Kier alpha value is -1.55. The third kappa shape index (κ3) is 1.33. The molecule has 0 amide bonds. The fourth-order valence-electron chi connectivity index (χ4n) is 1.45. The Morgan fingerprint density at radius 3 is 3.00 bits per heavy atom. The van der Waals surface area contributed by atoms with Crippen LogP contribution in [0.1, 0.15) is 18.8 Å². The quantitative estimate of drug-likeness (QED) is 0.752. The fourth-order valence-corrected chi connectivity index (χ4v) is 1.45. The van der Waals surface area contributed by atoms with Crippen LogP contribution in [-0.4, -0.2) is 21.5 Å². The molecule has 0 spiro atoms. The summed E-state index contributed by atoms with van der Waals surface area (Å²) in [5.74, 6) is 1.15. The molecule has 2 heterocycles. The first kappa shape index (κ1) is 9.02. The predicted octanol–water partition coefficient (Wildman–Crippen LogP) is 1.32. The van der Waals surface area contributed by atoms with Crippen LogP contribution in [0.2, 0.25) is 0 Å². The summed E-state index contributed by atoms with van der Waals surface area (Å²) in [4.78, 5) is 4.30. The zero-order valence-electron chi connectivity index (χ0n) is 8.23. The summed E-state index contributed by atoms with van der Waals surface area (Å²) in [6.07, 6.45) is 3.47. The van der Waals surface area contributed by atoms with E-state index in [0.29, 0.717) is 0 Å². The first-order valence-corrected chi connectivity index (χ1v) is 4.55. The van der Waals surface area contributed by atoms with Crippen molar-refractivity contribution in [2.75, 3.05) is 7.05 Å². The smallest absolute Gasteiger partial charge is 0.132 e. The van der Waals surface area contributed by atoms with E-state index < -0.39 is 0 Å². The lowest BCUT2D eigenvalue weighted by Gasteiger charge is -2.08. The maximum Gasteiger partial charge on any atom is 0.132 e. The number of rotatable bonds is 2. The van der Waals surface area contributed by atoms with Gasteiger partial charge in [0, 0.05) is 0 Å². The van der Waals surface area contributed by atoms with Crippen molar-refractivity contribution in [1.82, 2.24) is 14.7 Å². The van der Waals surface area contributed by atoms with Gasteiger partial charge in [0.1, 0.15) is 11.6 Å². The van der Waals surface area contributed by atoms with Gasteiger partial charge in [0.25, 0.3) is 0 Å². The van der Waals surface area contributed by atoms with Crippen LogP contribution in [-0.2, 0) is 0 Å². The molecule has 2 N–H and O–H groups in total. The number of imidazole rings is 1. The van der Waals surface area contributed by atoms with Gasteiger partial charge in [0.2, 0.25) is 0 Å². The summed E-state index contributed by atoms with van der Waals surface area (Å²) in [7, 11) is 1.88. The van der Waals surface area contributed by atoms with Gasteiger partial charge in [-0.3, -0.25) is 4.40 Å². The van der Waals surface area contributed by atoms with Gasteiger partial charge < -0.3 is 10.4 Å². The molecule has 2 aromatic heterocycles. The Labute approximate surface area is 82.2 Å². The van der Waals surface area contributed by atoms with Gasteiger partial charge in [-0.25, -0.2) is 4.98 Å². The highest BCUT2D eigenvalue weighted by Crippen LogP contribution is 2.17. The van der Waals surface area contributed by atoms with Gasteiger partial charge in [-0.2, -0.15) is 0 Å². The maximum atomic E-state index is 9.36. The second-order valence-electron chi connectivity index (χ2n) is 3.31. The first-order valence-electron chi connectivity index (χ1n) is 4.55. The molecule has 4 nitrogen and oxygen atoms in total. The van der Waals surface area contributed by atoms with Crippen molar-refractivity contribution in [1.29, 1.82) is 0 Å². The van der Waals surface area contributed by atoms with Crippen molar-refractivity contribution in [3.8, 4) is 5.75 Å². The van der Waals surface area contributed by atoms with Gasteiger partial charge in [-0.15, -0.1) is 0 Å². The summed E-state index contributed by atoms with van der Waals surface area (Å²) in [6.45, 7) is 2.03. The highest BCUT2D eigenvalue weighted by Gasteiger charge is 2.09. The standard InChI is InChI=1S/C10H13N3O/c1-7(11-2)10-12-5-8-3-4-9(14)6-13(8)10/h3-7,11,14H,1-2H3. The lowest BCUT2D eigenvalue weighted by Crippen LogP contribution is -2.15. The molecule has 0 aliphatic heterocycles. The molecular formula is C10H13N3O. The number of fused-ring (bicyclic) bond motifs is 1. The topological polar surface area (TPSA) is 49.6 Å². The van der Waals surface area contributed by atoms with E-state index in [2.05, 4.69) is 10.3 Å². The van der Waals surface area contributed by atoms with Gasteiger partial charge in [-0.1, -0.05) is 0 Å². The van der Waals surface area contributed by atoms with E-state index in [4.69, 9.17) is 0 Å². The molecule has 0 saturated heterocycles. The number of aromatic nitrogens is 2. The Morgan fingerprint density at radius 2 is 2.29 bits per heavy atom. The molecule has 1 unspecified atom stereocenters. The van der Waals surface area contributed by atoms with Crippen LogP contribution in [0.15, 0.2) is 24.5 Å². The monoisotopic (exact) mass is 191 g/mol. The van der Waals surface area contributed by atoms with E-state index in [-0.39, 0.29) is 11.8 Å². The highest BCUT2D eigenvalue weighted by atomic mass is 16.3. The molecule has 0 aliphatic carbocycles. The largest absolute Gasteiger partial charge is 0.506 e. The van der Waals surface area contributed by atoms with Crippen LogP contribution in [0.3, 0.4) is 0 Å². The van der Waals surface area contributed by atoms with Crippen LogP contribution in [0, 0.1) is 0 Å². The zero-order chi connectivity index (χ0) is 10.1. The summed E-state index contributed by atoms with van der Waals surface area (Å²) in [5.41, 5.74) is 0.986. The summed E-state index contributed by atoms with van der Waals surface area (Å²) in [6, 6.07) is 3.67. The molecule has 0 saturated carbocycles. The molecule has 4 heteroatoms. The Kier molecular flexibility index (Phi) is 2.13. The zero-order valence-corrected chi connectivity index (χ0v) is 8.23. The minimum Gasteiger partial charge on any atom is -0.506 e. The average molecular weight is 191 g/mol. The normalized spacial score (nSPS) is 13.3. The number of aromatic hydroxyl groups is 1. The summed E-state index contributed by atoms with van der Waals surface area (Å²) in [5, 5.41) is 12.5. The third-order valence-corrected chi connectivity index (χ3v) is 2.36. The number of hydrogen-bond acceptors (Lipinski definition) is 3. The van der Waals surface area contributed by atoms with Crippen LogP contribution in [0.4, 0.5) is 0 Å². The number of nitrogens with zero attached hydrogens (tertiary/aromatic N) is 2. The van der Waals surface area contributed by atoms with Crippen LogP contribution >= 0.6 is 0 Å². The van der Waals surface area contributed by atoms with E-state index in [1.54, 1.807) is 18.5 Å². The Morgan fingerprint density at radius 1 is 1.50 bits per heavy atom. The SMILES string of the molecule is CNC(C)c1ncc2ccc(O)cn12. The molecule has 1 atom stereocenters. The Balaban J connectivity index is 2.61. The molecule has 0 aromatic carbocycles. The van der Waals surface area contributed by atoms with Gasteiger partial charge in [0.15, 0.2) is 0 Å². The van der Waals surface area contributed by atoms with Crippen molar-refractivity contribution in [3.63, 3.8) is 0 Å². The summed E-state index contributed by atoms with van der Waals surface area (Å²) >= 11 is 0. The fraction of sp³-hybridized carbons (Fsp3) is 0.300. The molecule has 14 heavy (non-hydrogen) atoms. The van der Waals surface area contributed by atoms with Crippen LogP contribution in [0.5, 0.6) is 5.75 Å². The van der Waals surface area contributed by atoms with Gasteiger partial charge in [-0.05, 0) is 26.1 Å². The van der Waals surface area contributed by atoms with Crippen LogP contribution in [0.25, 0.3) is 5.52 Å². The van der Waals surface area contributed by atoms with E-state index in [1.807, 2.05) is 24.4 Å². The average Bonchev–Trinajstić information content (AvgIpc) is 2.59. The van der Waals surface area contributed by atoms with Crippen molar-refractivity contribution in [2.24, 2.45) is 0 Å².